The van der Waals surface area contributed by atoms with Gasteiger partial charge in [0.1, 0.15) is 24.7 Å². The maximum absolute atomic E-state index is 13.3. The molecule has 2 aromatic carbocycles. The summed E-state index contributed by atoms with van der Waals surface area (Å²) in [5.41, 5.74) is 1.35. The summed E-state index contributed by atoms with van der Waals surface area (Å²) in [6, 6.07) is 7.69. The number of nitrogens with zero attached hydrogens (tertiary/aromatic N) is 2. The van der Waals surface area contributed by atoms with Crippen molar-refractivity contribution >= 4 is 96.1 Å². The Morgan fingerprint density at radius 3 is 1.21 bits per heavy atom. The van der Waals surface area contributed by atoms with Gasteiger partial charge >= 0.3 is 0 Å². The molecule has 9 heteroatoms. The van der Waals surface area contributed by atoms with Crippen molar-refractivity contribution in [1.82, 2.24) is 9.80 Å². The van der Waals surface area contributed by atoms with Crippen LogP contribution in [0.15, 0.2) is 24.3 Å². The van der Waals surface area contributed by atoms with Crippen LogP contribution in [0.2, 0.25) is 0 Å². The first-order valence-corrected chi connectivity index (χ1v) is 15.8. The fourth-order valence-electron chi connectivity index (χ4n) is 3.46. The summed E-state index contributed by atoms with van der Waals surface area (Å²) in [5, 5.41) is 0. The van der Waals surface area contributed by atoms with E-state index in [1.165, 1.54) is 0 Å². The number of hydrogen-bond donors (Lipinski definition) is 0. The van der Waals surface area contributed by atoms with Gasteiger partial charge in [-0.15, -0.1) is 0 Å². The molecule has 0 aromatic heterocycles. The Kier molecular flexibility index (Phi) is 14.2. The van der Waals surface area contributed by atoms with E-state index in [-0.39, 0.29) is 5.78 Å². The van der Waals surface area contributed by atoms with Crippen molar-refractivity contribution in [1.29, 1.82) is 0 Å². The maximum atomic E-state index is 13.3. The molecule has 34 heavy (non-hydrogen) atoms. The van der Waals surface area contributed by atoms with E-state index in [9.17, 15) is 4.79 Å². The van der Waals surface area contributed by atoms with Gasteiger partial charge in [0.15, 0.2) is 5.78 Å². The molecular weight excluding hydrogens is 884 g/mol. The third kappa shape index (κ3) is 8.84. The van der Waals surface area contributed by atoms with Gasteiger partial charge in [0.25, 0.3) is 0 Å². The Morgan fingerprint density at radius 1 is 0.647 bits per heavy atom. The second-order valence-corrected chi connectivity index (χ2v) is 12.3. The first-order chi connectivity index (χ1) is 16.2. The minimum atomic E-state index is 0.0102. The van der Waals surface area contributed by atoms with Gasteiger partial charge in [0.2, 0.25) is 0 Å². The number of likely N-dealkylation sites (N-methyl/N-ethyl adjacent to an activating group) is 2. The molecule has 0 aliphatic heterocycles. The second kappa shape index (κ2) is 15.7. The summed E-state index contributed by atoms with van der Waals surface area (Å²) in [6.07, 6.45) is 0. The van der Waals surface area contributed by atoms with Gasteiger partial charge in [-0.3, -0.25) is 4.79 Å². The van der Waals surface area contributed by atoms with Crippen molar-refractivity contribution in [2.45, 2.75) is 27.7 Å². The average Bonchev–Trinajstić information content (AvgIpc) is 2.81. The van der Waals surface area contributed by atoms with Gasteiger partial charge in [-0.2, -0.15) is 0 Å². The van der Waals surface area contributed by atoms with E-state index < -0.39 is 0 Å². The second-order valence-electron chi connectivity index (χ2n) is 7.62. The molecule has 0 saturated heterocycles. The third-order valence-electron chi connectivity index (χ3n) is 5.62. The molecule has 0 aliphatic carbocycles. The Morgan fingerprint density at radius 2 is 0.941 bits per heavy atom. The van der Waals surface area contributed by atoms with E-state index in [0.29, 0.717) is 24.3 Å². The number of rotatable bonds is 14. The minimum Gasteiger partial charge on any atom is -0.490 e. The predicted molar refractivity (Wildman–Crippen MR) is 174 cm³/mol. The Labute approximate surface area is 258 Å². The molecule has 0 N–H and O–H groups in total. The summed E-state index contributed by atoms with van der Waals surface area (Å²) in [6.45, 7) is 15.7. The summed E-state index contributed by atoms with van der Waals surface area (Å²) < 4.78 is 16.0. The van der Waals surface area contributed by atoms with Crippen LogP contribution in [0.3, 0.4) is 0 Å². The van der Waals surface area contributed by atoms with Gasteiger partial charge in [-0.25, -0.2) is 0 Å². The van der Waals surface area contributed by atoms with Crippen LogP contribution >= 0.6 is 90.4 Å². The lowest BCUT2D eigenvalue weighted by molar-refractivity contribution is 0.103. The molecule has 0 bridgehead atoms. The van der Waals surface area contributed by atoms with Crippen LogP contribution in [-0.4, -0.2) is 68.1 Å². The molecule has 0 saturated carbocycles. The Hall–Kier alpha value is 0.550. The predicted octanol–water partition coefficient (Wildman–Crippen LogP) is 6.78. The van der Waals surface area contributed by atoms with Crippen LogP contribution in [0.5, 0.6) is 11.5 Å². The molecule has 0 amide bonds. The quantitative estimate of drug-likeness (QED) is 0.155. The third-order valence-corrected chi connectivity index (χ3v) is 8.82. The van der Waals surface area contributed by atoms with E-state index in [1.807, 2.05) is 24.3 Å². The smallest absolute Gasteiger partial charge is 0.193 e. The SMILES string of the molecule is CCN(CC)CCOc1c(I)cc(C(=O)c2cc(I)c(OCCN(CC)CC)c(I)c2)cc1I. The lowest BCUT2D eigenvalue weighted by Crippen LogP contribution is -2.28. The number of carbonyl (C=O) groups excluding carboxylic acids is 1. The molecule has 188 valence electrons. The van der Waals surface area contributed by atoms with Crippen LogP contribution in [-0.2, 0) is 0 Å². The van der Waals surface area contributed by atoms with Crippen molar-refractivity contribution in [3.8, 4) is 11.5 Å². The van der Waals surface area contributed by atoms with E-state index in [1.54, 1.807) is 0 Å². The van der Waals surface area contributed by atoms with E-state index in [0.717, 1.165) is 65.0 Å². The molecule has 2 rings (SSSR count). The number of hydrogen-bond acceptors (Lipinski definition) is 5. The molecule has 0 fully saturated rings. The average molecular weight is 916 g/mol. The summed E-state index contributed by atoms with van der Waals surface area (Å²) in [5.74, 6) is 1.72. The highest BCUT2D eigenvalue weighted by atomic mass is 127. The Bertz CT molecular complexity index is 842. The van der Waals surface area contributed by atoms with Gasteiger partial charge in [0, 0.05) is 24.2 Å². The van der Waals surface area contributed by atoms with Crippen molar-refractivity contribution < 1.29 is 14.3 Å². The van der Waals surface area contributed by atoms with Crippen LogP contribution in [0, 0.1) is 14.3 Å². The van der Waals surface area contributed by atoms with Crippen LogP contribution < -0.4 is 9.47 Å². The van der Waals surface area contributed by atoms with Crippen LogP contribution in [0.4, 0.5) is 0 Å². The van der Waals surface area contributed by atoms with Crippen molar-refractivity contribution in [3.05, 3.63) is 49.7 Å². The molecule has 0 spiro atoms. The highest BCUT2D eigenvalue weighted by molar-refractivity contribution is 14.1. The molecule has 5 nitrogen and oxygen atoms in total. The van der Waals surface area contributed by atoms with Gasteiger partial charge in [-0.05, 0) is 141 Å². The fourth-order valence-corrected chi connectivity index (χ4v) is 7.62. The van der Waals surface area contributed by atoms with Crippen LogP contribution in [0.1, 0.15) is 43.6 Å². The minimum absolute atomic E-state index is 0.0102. The highest BCUT2D eigenvalue weighted by Gasteiger charge is 2.18. The fraction of sp³-hybridized carbons (Fsp3) is 0.480. The van der Waals surface area contributed by atoms with E-state index in [4.69, 9.17) is 9.47 Å². The molecule has 0 heterocycles. The topological polar surface area (TPSA) is 42.0 Å². The van der Waals surface area contributed by atoms with Crippen molar-refractivity contribution in [2.75, 3.05) is 52.5 Å². The zero-order valence-corrected chi connectivity index (χ0v) is 28.7. The zero-order valence-electron chi connectivity index (χ0n) is 20.1. The largest absolute Gasteiger partial charge is 0.490 e. The summed E-state index contributed by atoms with van der Waals surface area (Å²) in [7, 11) is 0. The van der Waals surface area contributed by atoms with Gasteiger partial charge in [0.05, 0.1) is 14.3 Å². The highest BCUT2D eigenvalue weighted by Crippen LogP contribution is 2.32. The van der Waals surface area contributed by atoms with Gasteiger partial charge < -0.3 is 19.3 Å². The normalized spacial score (nSPS) is 11.4. The summed E-state index contributed by atoms with van der Waals surface area (Å²) >= 11 is 9.05. The first kappa shape index (κ1) is 30.8. The van der Waals surface area contributed by atoms with E-state index in [2.05, 4.69) is 128 Å². The standard InChI is InChI=1S/C25H32I4N2O3/c1-5-30(6-2)9-11-33-24-19(26)13-17(14-20(24)27)23(32)18-15-21(28)25(22(29)16-18)34-12-10-31(7-3)8-4/h13-16H,5-12H2,1-4H3. The number of carbonyl (C=O) groups is 1. The van der Waals surface area contributed by atoms with Crippen molar-refractivity contribution in [3.63, 3.8) is 0 Å². The molecule has 0 aliphatic rings. The number of ether oxygens (including phenoxy) is 2. The number of ketones is 1. The lowest BCUT2D eigenvalue weighted by atomic mass is 10.0. The molecule has 2 aromatic rings. The van der Waals surface area contributed by atoms with Gasteiger partial charge in [-0.1, -0.05) is 27.7 Å². The molecule has 0 radical (unpaired) electrons. The monoisotopic (exact) mass is 916 g/mol. The zero-order chi connectivity index (χ0) is 25.3. The number of benzene rings is 2. The van der Waals surface area contributed by atoms with Crippen LogP contribution in [0.25, 0.3) is 0 Å². The molecule has 0 atom stereocenters. The Balaban J connectivity index is 2.14. The maximum Gasteiger partial charge on any atom is 0.193 e. The number of halogens is 4. The lowest BCUT2D eigenvalue weighted by Gasteiger charge is -2.19. The van der Waals surface area contributed by atoms with E-state index >= 15 is 0 Å². The molecule has 0 unspecified atom stereocenters. The molecular formula is C25H32I4N2O3. The summed E-state index contributed by atoms with van der Waals surface area (Å²) in [4.78, 5) is 18.0. The first-order valence-electron chi connectivity index (χ1n) is 11.5. The van der Waals surface area contributed by atoms with Crippen molar-refractivity contribution in [2.24, 2.45) is 0 Å².